The third-order valence-electron chi connectivity index (χ3n) is 4.12. The standard InChI is InChI=1S/C16H24N2O/c1-17-12-10-14(11-13-17)8-9-16(19)18(2)15-6-4-3-5-7-15/h3-7,14H,8-13H2,1-2H3. The molecule has 0 bridgehead atoms. The first kappa shape index (κ1) is 14.1. The number of hydrogen-bond acceptors (Lipinski definition) is 2. The molecule has 1 aliphatic rings. The number of hydrogen-bond donors (Lipinski definition) is 0. The van der Waals surface area contributed by atoms with E-state index in [9.17, 15) is 4.79 Å². The number of carbonyl (C=O) groups excluding carboxylic acids is 1. The molecule has 0 radical (unpaired) electrons. The molecule has 0 aliphatic carbocycles. The lowest BCUT2D eigenvalue weighted by Gasteiger charge is -2.29. The zero-order chi connectivity index (χ0) is 13.7. The monoisotopic (exact) mass is 260 g/mol. The van der Waals surface area contributed by atoms with Crippen LogP contribution >= 0.6 is 0 Å². The molecule has 1 aliphatic heterocycles. The number of carbonyl (C=O) groups is 1. The fourth-order valence-electron chi connectivity index (χ4n) is 2.64. The van der Waals surface area contributed by atoms with E-state index in [1.54, 1.807) is 4.90 Å². The lowest BCUT2D eigenvalue weighted by atomic mass is 9.92. The number of nitrogens with zero attached hydrogens (tertiary/aromatic N) is 2. The Labute approximate surface area is 116 Å². The molecule has 2 rings (SSSR count). The number of rotatable bonds is 4. The van der Waals surface area contributed by atoms with E-state index in [1.165, 1.54) is 25.9 Å². The van der Waals surface area contributed by atoms with Crippen molar-refractivity contribution in [2.45, 2.75) is 25.7 Å². The summed E-state index contributed by atoms with van der Waals surface area (Å²) < 4.78 is 0. The van der Waals surface area contributed by atoms with E-state index in [4.69, 9.17) is 0 Å². The predicted octanol–water partition coefficient (Wildman–Crippen LogP) is 2.77. The van der Waals surface area contributed by atoms with Crippen LogP contribution in [0.4, 0.5) is 5.69 Å². The summed E-state index contributed by atoms with van der Waals surface area (Å²) in [7, 11) is 4.04. The molecule has 1 heterocycles. The molecule has 0 saturated carbocycles. The highest BCUT2D eigenvalue weighted by molar-refractivity contribution is 5.92. The van der Waals surface area contributed by atoms with E-state index in [0.29, 0.717) is 6.42 Å². The van der Waals surface area contributed by atoms with Crippen molar-refractivity contribution in [1.82, 2.24) is 4.90 Å². The number of amides is 1. The van der Waals surface area contributed by atoms with Gasteiger partial charge >= 0.3 is 0 Å². The molecule has 0 N–H and O–H groups in total. The van der Waals surface area contributed by atoms with E-state index in [-0.39, 0.29) is 5.91 Å². The fourth-order valence-corrected chi connectivity index (χ4v) is 2.64. The number of piperidine rings is 1. The molecule has 3 heteroatoms. The smallest absolute Gasteiger partial charge is 0.226 e. The van der Waals surface area contributed by atoms with Gasteiger partial charge in [-0.1, -0.05) is 18.2 Å². The molecule has 0 aromatic heterocycles. The molecule has 1 aromatic carbocycles. The molecule has 19 heavy (non-hydrogen) atoms. The molecule has 1 aromatic rings. The van der Waals surface area contributed by atoms with Crippen molar-refractivity contribution in [3.63, 3.8) is 0 Å². The SMILES string of the molecule is CN1CCC(CCC(=O)N(C)c2ccccc2)CC1. The van der Waals surface area contributed by atoms with Crippen molar-refractivity contribution >= 4 is 11.6 Å². The molecule has 3 nitrogen and oxygen atoms in total. The highest BCUT2D eigenvalue weighted by Gasteiger charge is 2.19. The van der Waals surface area contributed by atoms with Crippen LogP contribution in [0.25, 0.3) is 0 Å². The first-order valence-corrected chi connectivity index (χ1v) is 7.17. The molecule has 0 unspecified atom stereocenters. The molecular formula is C16H24N2O. The zero-order valence-corrected chi connectivity index (χ0v) is 12.0. The third-order valence-corrected chi connectivity index (χ3v) is 4.12. The van der Waals surface area contributed by atoms with Crippen LogP contribution < -0.4 is 4.90 Å². The summed E-state index contributed by atoms with van der Waals surface area (Å²) in [6.07, 6.45) is 4.17. The van der Waals surface area contributed by atoms with Crippen molar-refractivity contribution in [2.24, 2.45) is 5.92 Å². The summed E-state index contributed by atoms with van der Waals surface area (Å²) in [5.74, 6) is 0.953. The predicted molar refractivity (Wildman–Crippen MR) is 79.3 cm³/mol. The van der Waals surface area contributed by atoms with Crippen LogP contribution in [0.1, 0.15) is 25.7 Å². The Balaban J connectivity index is 1.78. The van der Waals surface area contributed by atoms with Crippen molar-refractivity contribution in [1.29, 1.82) is 0 Å². The maximum absolute atomic E-state index is 12.2. The van der Waals surface area contributed by atoms with Crippen LogP contribution in [0.5, 0.6) is 0 Å². The van der Waals surface area contributed by atoms with Crippen LogP contribution in [0.2, 0.25) is 0 Å². The quantitative estimate of drug-likeness (QED) is 0.831. The van der Waals surface area contributed by atoms with Crippen molar-refractivity contribution in [2.75, 3.05) is 32.1 Å². The van der Waals surface area contributed by atoms with Crippen LogP contribution in [-0.2, 0) is 4.79 Å². The van der Waals surface area contributed by atoms with Gasteiger partial charge in [-0.3, -0.25) is 4.79 Å². The number of benzene rings is 1. The van der Waals surface area contributed by atoms with Crippen molar-refractivity contribution < 1.29 is 4.79 Å². The number of para-hydroxylation sites is 1. The van der Waals surface area contributed by atoms with Crippen LogP contribution in [0.3, 0.4) is 0 Å². The summed E-state index contributed by atoms with van der Waals surface area (Å²) in [6.45, 7) is 2.35. The van der Waals surface area contributed by atoms with Gasteiger partial charge in [0.1, 0.15) is 0 Å². The van der Waals surface area contributed by atoms with Gasteiger partial charge in [0, 0.05) is 19.2 Å². The minimum Gasteiger partial charge on any atom is -0.316 e. The van der Waals surface area contributed by atoms with Crippen molar-refractivity contribution in [3.05, 3.63) is 30.3 Å². The summed E-state index contributed by atoms with van der Waals surface area (Å²) in [5.41, 5.74) is 0.982. The average molecular weight is 260 g/mol. The maximum atomic E-state index is 12.2. The summed E-state index contributed by atoms with van der Waals surface area (Å²) in [5, 5.41) is 0. The summed E-state index contributed by atoms with van der Waals surface area (Å²) in [4.78, 5) is 16.3. The highest BCUT2D eigenvalue weighted by atomic mass is 16.2. The van der Waals surface area contributed by atoms with Crippen LogP contribution in [-0.4, -0.2) is 38.0 Å². The van der Waals surface area contributed by atoms with Gasteiger partial charge < -0.3 is 9.80 Å². The van der Waals surface area contributed by atoms with Gasteiger partial charge in [0.2, 0.25) is 5.91 Å². The largest absolute Gasteiger partial charge is 0.316 e. The van der Waals surface area contributed by atoms with E-state index in [0.717, 1.165) is 18.0 Å². The first-order valence-electron chi connectivity index (χ1n) is 7.17. The Morgan fingerprint density at radius 1 is 1.26 bits per heavy atom. The Hall–Kier alpha value is -1.35. The molecular weight excluding hydrogens is 236 g/mol. The van der Waals surface area contributed by atoms with Gasteiger partial charge in [-0.2, -0.15) is 0 Å². The van der Waals surface area contributed by atoms with Gasteiger partial charge in [-0.05, 0) is 57.5 Å². The second-order valence-electron chi connectivity index (χ2n) is 5.57. The van der Waals surface area contributed by atoms with Crippen molar-refractivity contribution in [3.8, 4) is 0 Å². The molecule has 1 fully saturated rings. The van der Waals surface area contributed by atoms with E-state index in [2.05, 4.69) is 11.9 Å². The molecule has 0 atom stereocenters. The van der Waals surface area contributed by atoms with Gasteiger partial charge in [-0.25, -0.2) is 0 Å². The second kappa shape index (κ2) is 6.71. The Kier molecular flexibility index (Phi) is 4.97. The summed E-state index contributed by atoms with van der Waals surface area (Å²) >= 11 is 0. The average Bonchev–Trinajstić information content (AvgIpc) is 2.46. The number of anilines is 1. The molecule has 1 amide bonds. The van der Waals surface area contributed by atoms with Gasteiger partial charge in [-0.15, -0.1) is 0 Å². The lowest BCUT2D eigenvalue weighted by molar-refractivity contribution is -0.118. The van der Waals surface area contributed by atoms with Crippen LogP contribution in [0, 0.1) is 5.92 Å². The Morgan fingerprint density at radius 2 is 1.89 bits per heavy atom. The van der Waals surface area contributed by atoms with Gasteiger partial charge in [0.25, 0.3) is 0 Å². The maximum Gasteiger partial charge on any atom is 0.226 e. The van der Waals surface area contributed by atoms with E-state index in [1.807, 2.05) is 37.4 Å². The van der Waals surface area contributed by atoms with E-state index < -0.39 is 0 Å². The van der Waals surface area contributed by atoms with Crippen LogP contribution in [0.15, 0.2) is 30.3 Å². The minimum absolute atomic E-state index is 0.227. The lowest BCUT2D eigenvalue weighted by Crippen LogP contribution is -2.31. The molecule has 0 spiro atoms. The van der Waals surface area contributed by atoms with Gasteiger partial charge in [0.15, 0.2) is 0 Å². The molecule has 1 saturated heterocycles. The first-order chi connectivity index (χ1) is 9.16. The summed E-state index contributed by atoms with van der Waals surface area (Å²) in [6, 6.07) is 9.87. The Bertz CT molecular complexity index is 396. The van der Waals surface area contributed by atoms with Gasteiger partial charge in [0.05, 0.1) is 0 Å². The minimum atomic E-state index is 0.227. The second-order valence-corrected chi connectivity index (χ2v) is 5.57. The fraction of sp³-hybridized carbons (Fsp3) is 0.562. The third kappa shape index (κ3) is 4.06. The topological polar surface area (TPSA) is 23.6 Å². The number of likely N-dealkylation sites (tertiary alicyclic amines) is 1. The zero-order valence-electron chi connectivity index (χ0n) is 12.0. The molecule has 104 valence electrons. The normalized spacial score (nSPS) is 17.4. The highest BCUT2D eigenvalue weighted by Crippen LogP contribution is 2.22. The van der Waals surface area contributed by atoms with E-state index >= 15 is 0 Å². The Morgan fingerprint density at radius 3 is 2.53 bits per heavy atom.